The number of benzene rings is 2. The molecule has 0 aliphatic carbocycles. The Morgan fingerprint density at radius 1 is 1.04 bits per heavy atom. The number of nitrogens with one attached hydrogen (secondary N) is 1. The van der Waals surface area contributed by atoms with E-state index in [2.05, 4.69) is 10.3 Å². The lowest BCUT2D eigenvalue weighted by Crippen LogP contribution is -2.20. The Bertz CT molecular complexity index is 828. The van der Waals surface area contributed by atoms with Gasteiger partial charge in [-0.25, -0.2) is 0 Å². The van der Waals surface area contributed by atoms with Crippen LogP contribution in [0.25, 0.3) is 10.9 Å². The summed E-state index contributed by atoms with van der Waals surface area (Å²) in [7, 11) is 1.56. The number of para-hydroxylation sites is 3. The first-order chi connectivity index (χ1) is 11.3. The quantitative estimate of drug-likeness (QED) is 0.786. The molecule has 3 rings (SSSR count). The lowest BCUT2D eigenvalue weighted by atomic mass is 10.2. The molecule has 0 bridgehead atoms. The van der Waals surface area contributed by atoms with E-state index in [1.165, 1.54) is 0 Å². The monoisotopic (exact) mass is 308 g/mol. The van der Waals surface area contributed by atoms with Crippen LogP contribution >= 0.6 is 0 Å². The van der Waals surface area contributed by atoms with Crippen molar-refractivity contribution in [1.82, 2.24) is 4.98 Å². The highest BCUT2D eigenvalue weighted by Gasteiger charge is 2.09. The number of anilines is 1. The molecule has 0 saturated carbocycles. The first-order valence-corrected chi connectivity index (χ1v) is 7.17. The van der Waals surface area contributed by atoms with Crippen molar-refractivity contribution in [2.45, 2.75) is 0 Å². The molecule has 3 aromatic rings. The summed E-state index contributed by atoms with van der Waals surface area (Å²) in [6.45, 7) is -0.103. The van der Waals surface area contributed by atoms with E-state index < -0.39 is 0 Å². The van der Waals surface area contributed by atoms with Crippen molar-refractivity contribution in [3.8, 4) is 11.5 Å². The van der Waals surface area contributed by atoms with Crippen LogP contribution in [0.5, 0.6) is 11.5 Å². The summed E-state index contributed by atoms with van der Waals surface area (Å²) in [5.41, 5.74) is 1.35. The number of nitrogens with zero attached hydrogens (tertiary/aromatic N) is 1. The number of pyridine rings is 1. The molecule has 0 atom stereocenters. The fraction of sp³-hybridized carbons (Fsp3) is 0.111. The summed E-state index contributed by atoms with van der Waals surface area (Å²) in [6, 6.07) is 16.7. The topological polar surface area (TPSA) is 60.5 Å². The van der Waals surface area contributed by atoms with Crippen molar-refractivity contribution >= 4 is 22.5 Å². The predicted molar refractivity (Wildman–Crippen MR) is 88.9 cm³/mol. The van der Waals surface area contributed by atoms with Crippen molar-refractivity contribution in [3.63, 3.8) is 0 Å². The molecular formula is C18H16N2O3. The molecule has 0 unspecified atom stereocenters. The smallest absolute Gasteiger partial charge is 0.262 e. The molecule has 0 aliphatic heterocycles. The van der Waals surface area contributed by atoms with Gasteiger partial charge in [0.15, 0.2) is 6.61 Å². The molecule has 2 aromatic carbocycles. The van der Waals surface area contributed by atoms with E-state index in [0.717, 1.165) is 10.9 Å². The zero-order chi connectivity index (χ0) is 16.1. The molecule has 1 heterocycles. The molecule has 0 fully saturated rings. The van der Waals surface area contributed by atoms with Gasteiger partial charge < -0.3 is 14.8 Å². The Balaban J connectivity index is 1.69. The van der Waals surface area contributed by atoms with Gasteiger partial charge in [-0.2, -0.15) is 0 Å². The third kappa shape index (κ3) is 3.40. The fourth-order valence-corrected chi connectivity index (χ4v) is 2.27. The van der Waals surface area contributed by atoms with Crippen molar-refractivity contribution in [3.05, 3.63) is 60.8 Å². The van der Waals surface area contributed by atoms with Crippen LogP contribution in [0.2, 0.25) is 0 Å². The normalized spacial score (nSPS) is 10.3. The van der Waals surface area contributed by atoms with Crippen LogP contribution in [0, 0.1) is 0 Å². The number of methoxy groups -OCH3 is 1. The average Bonchev–Trinajstić information content (AvgIpc) is 2.60. The number of amides is 1. The molecular weight excluding hydrogens is 292 g/mol. The van der Waals surface area contributed by atoms with Gasteiger partial charge in [-0.3, -0.25) is 9.78 Å². The summed E-state index contributed by atoms with van der Waals surface area (Å²) in [4.78, 5) is 16.4. The van der Waals surface area contributed by atoms with Gasteiger partial charge in [0, 0.05) is 11.6 Å². The van der Waals surface area contributed by atoms with Crippen LogP contribution in [-0.4, -0.2) is 24.6 Å². The molecule has 0 radical (unpaired) electrons. The van der Waals surface area contributed by atoms with Gasteiger partial charge in [-0.05, 0) is 24.3 Å². The van der Waals surface area contributed by atoms with Gasteiger partial charge in [-0.15, -0.1) is 0 Å². The molecule has 1 amide bonds. The minimum Gasteiger partial charge on any atom is -0.495 e. The van der Waals surface area contributed by atoms with Crippen molar-refractivity contribution < 1.29 is 14.3 Å². The van der Waals surface area contributed by atoms with Crippen LogP contribution < -0.4 is 14.8 Å². The maximum Gasteiger partial charge on any atom is 0.262 e. The molecule has 0 aliphatic rings. The SMILES string of the molecule is COc1ccccc1NC(=O)COc1cccc2cccnc12. The number of rotatable bonds is 5. The standard InChI is InChI=1S/C18H16N2O3/c1-22-15-9-3-2-8-14(15)20-17(21)12-23-16-10-4-6-13-7-5-11-19-18(13)16/h2-11H,12H2,1H3,(H,20,21). The highest BCUT2D eigenvalue weighted by molar-refractivity contribution is 5.93. The molecule has 0 saturated heterocycles. The van der Waals surface area contributed by atoms with Crippen LogP contribution in [0.1, 0.15) is 0 Å². The highest BCUT2D eigenvalue weighted by Crippen LogP contribution is 2.24. The summed E-state index contributed by atoms with van der Waals surface area (Å²) < 4.78 is 10.8. The number of ether oxygens (including phenoxy) is 2. The molecule has 116 valence electrons. The van der Waals surface area contributed by atoms with Crippen LogP contribution in [0.3, 0.4) is 0 Å². The third-order valence-corrected chi connectivity index (χ3v) is 3.34. The van der Waals surface area contributed by atoms with Crippen molar-refractivity contribution in [1.29, 1.82) is 0 Å². The Labute approximate surface area is 133 Å². The zero-order valence-electron chi connectivity index (χ0n) is 12.7. The lowest BCUT2D eigenvalue weighted by Gasteiger charge is -2.11. The Hall–Kier alpha value is -3.08. The number of fused-ring (bicyclic) bond motifs is 1. The van der Waals surface area contributed by atoms with Gasteiger partial charge in [-0.1, -0.05) is 30.3 Å². The molecule has 23 heavy (non-hydrogen) atoms. The third-order valence-electron chi connectivity index (χ3n) is 3.34. The van der Waals surface area contributed by atoms with E-state index in [1.807, 2.05) is 36.4 Å². The second-order valence-electron chi connectivity index (χ2n) is 4.87. The van der Waals surface area contributed by atoms with Gasteiger partial charge in [0.05, 0.1) is 12.8 Å². The number of hydrogen-bond acceptors (Lipinski definition) is 4. The lowest BCUT2D eigenvalue weighted by molar-refractivity contribution is -0.118. The molecule has 1 aromatic heterocycles. The second-order valence-corrected chi connectivity index (χ2v) is 4.87. The first-order valence-electron chi connectivity index (χ1n) is 7.17. The molecule has 5 nitrogen and oxygen atoms in total. The minimum absolute atomic E-state index is 0.103. The highest BCUT2D eigenvalue weighted by atomic mass is 16.5. The fourth-order valence-electron chi connectivity index (χ4n) is 2.27. The maximum atomic E-state index is 12.1. The van der Waals surface area contributed by atoms with Crippen LogP contribution in [-0.2, 0) is 4.79 Å². The average molecular weight is 308 g/mol. The molecule has 5 heteroatoms. The summed E-state index contributed by atoms with van der Waals surface area (Å²) in [5.74, 6) is 0.924. The van der Waals surface area contributed by atoms with Gasteiger partial charge in [0.25, 0.3) is 5.91 Å². The maximum absolute atomic E-state index is 12.1. The number of hydrogen-bond donors (Lipinski definition) is 1. The van der Waals surface area contributed by atoms with E-state index in [9.17, 15) is 4.79 Å². The Morgan fingerprint density at radius 2 is 1.83 bits per heavy atom. The molecule has 0 spiro atoms. The van der Waals surface area contributed by atoms with E-state index in [1.54, 1.807) is 31.5 Å². The van der Waals surface area contributed by atoms with E-state index in [0.29, 0.717) is 17.2 Å². The largest absolute Gasteiger partial charge is 0.495 e. The van der Waals surface area contributed by atoms with Gasteiger partial charge in [0.2, 0.25) is 0 Å². The number of carbonyl (C=O) groups excluding carboxylic acids is 1. The second kappa shape index (κ2) is 6.79. The van der Waals surface area contributed by atoms with Gasteiger partial charge >= 0.3 is 0 Å². The number of carbonyl (C=O) groups is 1. The predicted octanol–water partition coefficient (Wildman–Crippen LogP) is 3.26. The van der Waals surface area contributed by atoms with Crippen molar-refractivity contribution in [2.75, 3.05) is 19.0 Å². The van der Waals surface area contributed by atoms with Crippen LogP contribution in [0.15, 0.2) is 60.8 Å². The number of aromatic nitrogens is 1. The molecule has 1 N–H and O–H groups in total. The van der Waals surface area contributed by atoms with E-state index in [4.69, 9.17) is 9.47 Å². The van der Waals surface area contributed by atoms with E-state index in [-0.39, 0.29) is 12.5 Å². The summed E-state index contributed by atoms with van der Waals surface area (Å²) in [6.07, 6.45) is 1.70. The van der Waals surface area contributed by atoms with Crippen LogP contribution in [0.4, 0.5) is 5.69 Å². The van der Waals surface area contributed by atoms with Crippen molar-refractivity contribution in [2.24, 2.45) is 0 Å². The Morgan fingerprint density at radius 3 is 2.70 bits per heavy atom. The zero-order valence-corrected chi connectivity index (χ0v) is 12.7. The van der Waals surface area contributed by atoms with Gasteiger partial charge in [0.1, 0.15) is 17.0 Å². The Kier molecular flexibility index (Phi) is 4.38. The van der Waals surface area contributed by atoms with E-state index >= 15 is 0 Å². The first kappa shape index (κ1) is 14.8. The minimum atomic E-state index is -0.262. The summed E-state index contributed by atoms with van der Waals surface area (Å²) >= 11 is 0. The summed E-state index contributed by atoms with van der Waals surface area (Å²) in [5, 5.41) is 3.74.